The zero-order chi connectivity index (χ0) is 13.1. The monoisotopic (exact) mass is 256 g/mol. The van der Waals surface area contributed by atoms with Crippen LogP contribution in [0, 0.1) is 0 Å². The molecule has 4 heteroatoms. The van der Waals surface area contributed by atoms with E-state index in [1.807, 2.05) is 12.1 Å². The molecule has 0 aromatic heterocycles. The van der Waals surface area contributed by atoms with Crippen molar-refractivity contribution in [3.63, 3.8) is 0 Å². The molecule has 0 fully saturated rings. The van der Waals surface area contributed by atoms with Crippen LogP contribution in [0.25, 0.3) is 0 Å². The summed E-state index contributed by atoms with van der Waals surface area (Å²) in [5, 5.41) is 1.32. The second-order valence-electron chi connectivity index (χ2n) is 4.78. The first-order valence-electron chi connectivity index (χ1n) is 5.49. The van der Waals surface area contributed by atoms with Crippen LogP contribution < -0.4 is 19.5 Å². The van der Waals surface area contributed by atoms with Gasteiger partial charge < -0.3 is 14.2 Å². The van der Waals surface area contributed by atoms with Crippen LogP contribution in [0.5, 0.6) is 17.2 Å². The Labute approximate surface area is 105 Å². The summed E-state index contributed by atoms with van der Waals surface area (Å²) in [6, 6.07) is 3.80. The fourth-order valence-corrected chi connectivity index (χ4v) is 2.85. The quantitative estimate of drug-likeness (QED) is 0.775. The van der Waals surface area contributed by atoms with Crippen molar-refractivity contribution in [2.45, 2.75) is 25.9 Å². The Morgan fingerprint density at radius 1 is 0.882 bits per heavy atom. The molecular weight excluding hydrogens is 235 g/mol. The van der Waals surface area contributed by atoms with E-state index in [9.17, 15) is 0 Å². The average molecular weight is 256 g/mol. The molecule has 96 valence electrons. The van der Waals surface area contributed by atoms with Gasteiger partial charge in [0.15, 0.2) is 0 Å². The van der Waals surface area contributed by atoms with Crippen LogP contribution in [-0.2, 0) is 0 Å². The molecule has 0 aliphatic rings. The predicted octanol–water partition coefficient (Wildman–Crippen LogP) is 2.81. The van der Waals surface area contributed by atoms with Gasteiger partial charge >= 0.3 is 0 Å². The van der Waals surface area contributed by atoms with Gasteiger partial charge in [-0.05, 0) is 5.16 Å². The summed E-state index contributed by atoms with van der Waals surface area (Å²) in [6.07, 6.45) is 0. The molecule has 3 nitrogen and oxygen atoms in total. The molecule has 0 saturated carbocycles. The molecule has 0 spiro atoms. The maximum Gasteiger partial charge on any atom is 0.133 e. The van der Waals surface area contributed by atoms with Crippen LogP contribution >= 0.6 is 8.58 Å². The van der Waals surface area contributed by atoms with Crippen molar-refractivity contribution in [3.8, 4) is 17.2 Å². The molecule has 17 heavy (non-hydrogen) atoms. The molecule has 0 aliphatic heterocycles. The van der Waals surface area contributed by atoms with Gasteiger partial charge in [-0.25, -0.2) is 0 Å². The van der Waals surface area contributed by atoms with Gasteiger partial charge in [-0.15, -0.1) is 0 Å². The van der Waals surface area contributed by atoms with Gasteiger partial charge in [-0.1, -0.05) is 29.4 Å². The van der Waals surface area contributed by atoms with Crippen molar-refractivity contribution in [2.24, 2.45) is 0 Å². The third-order valence-corrected chi connectivity index (χ3v) is 3.71. The van der Waals surface area contributed by atoms with E-state index in [0.29, 0.717) is 8.58 Å². The van der Waals surface area contributed by atoms with Gasteiger partial charge in [0.25, 0.3) is 0 Å². The van der Waals surface area contributed by atoms with Crippen LogP contribution in [0.2, 0.25) is 0 Å². The topological polar surface area (TPSA) is 27.7 Å². The molecule has 1 aromatic rings. The van der Waals surface area contributed by atoms with Gasteiger partial charge in [0.2, 0.25) is 0 Å². The minimum atomic E-state index is 0.204. The molecule has 0 amide bonds. The lowest BCUT2D eigenvalue weighted by atomic mass is 10.2. The summed E-state index contributed by atoms with van der Waals surface area (Å²) in [6.45, 7) is 6.61. The van der Waals surface area contributed by atoms with Gasteiger partial charge in [0.05, 0.1) is 26.6 Å². The summed E-state index contributed by atoms with van der Waals surface area (Å²) in [5.74, 6) is 2.41. The van der Waals surface area contributed by atoms with Crippen molar-refractivity contribution in [1.82, 2.24) is 0 Å². The maximum absolute atomic E-state index is 5.42. The minimum Gasteiger partial charge on any atom is -0.496 e. The molecule has 1 unspecified atom stereocenters. The van der Waals surface area contributed by atoms with Crippen LogP contribution in [0.15, 0.2) is 12.1 Å². The van der Waals surface area contributed by atoms with Crippen molar-refractivity contribution in [2.75, 3.05) is 21.3 Å². The number of methoxy groups -OCH3 is 3. The third-order valence-electron chi connectivity index (χ3n) is 2.22. The Balaban J connectivity index is 3.24. The molecular formula is C13H21O3P. The number of benzene rings is 1. The Bertz CT molecular complexity index is 358. The average Bonchev–Trinajstić information content (AvgIpc) is 2.27. The van der Waals surface area contributed by atoms with Crippen molar-refractivity contribution < 1.29 is 14.2 Å². The van der Waals surface area contributed by atoms with Crippen LogP contribution in [0.4, 0.5) is 0 Å². The normalized spacial score (nSPS) is 11.9. The molecule has 1 atom stereocenters. The SMILES string of the molecule is COc1cc(OC)c(PC(C)(C)C)c(OC)c1. The van der Waals surface area contributed by atoms with Crippen molar-refractivity contribution >= 4 is 13.9 Å². The highest BCUT2D eigenvalue weighted by atomic mass is 31.1. The molecule has 0 radical (unpaired) electrons. The standard InChI is InChI=1S/C13H21O3P/c1-13(2,3)17-12-10(15-5)7-9(14-4)8-11(12)16-6/h7-8,17H,1-6H3. The lowest BCUT2D eigenvalue weighted by Gasteiger charge is -2.22. The Morgan fingerprint density at radius 2 is 1.35 bits per heavy atom. The summed E-state index contributed by atoms with van der Waals surface area (Å²) >= 11 is 0. The van der Waals surface area contributed by atoms with E-state index in [2.05, 4.69) is 20.8 Å². The number of ether oxygens (including phenoxy) is 3. The second-order valence-corrected chi connectivity index (χ2v) is 7.03. The Kier molecular flexibility index (Phi) is 4.64. The fraction of sp³-hybridized carbons (Fsp3) is 0.538. The van der Waals surface area contributed by atoms with Crippen LogP contribution in [0.1, 0.15) is 20.8 Å². The molecule has 0 saturated heterocycles. The van der Waals surface area contributed by atoms with Crippen LogP contribution in [-0.4, -0.2) is 26.5 Å². The number of hydrogen-bond acceptors (Lipinski definition) is 3. The number of rotatable bonds is 4. The molecule has 1 rings (SSSR count). The van der Waals surface area contributed by atoms with Crippen molar-refractivity contribution in [3.05, 3.63) is 12.1 Å². The Morgan fingerprint density at radius 3 is 1.65 bits per heavy atom. The first-order chi connectivity index (χ1) is 7.91. The smallest absolute Gasteiger partial charge is 0.133 e. The first kappa shape index (κ1) is 14.1. The Hall–Kier alpha value is -0.950. The highest BCUT2D eigenvalue weighted by Gasteiger charge is 2.19. The summed E-state index contributed by atoms with van der Waals surface area (Å²) < 4.78 is 16.1. The summed E-state index contributed by atoms with van der Waals surface area (Å²) in [7, 11) is 5.60. The largest absolute Gasteiger partial charge is 0.496 e. The van der Waals surface area contributed by atoms with E-state index >= 15 is 0 Å². The minimum absolute atomic E-state index is 0.204. The predicted molar refractivity (Wildman–Crippen MR) is 73.8 cm³/mol. The third kappa shape index (κ3) is 3.78. The summed E-state index contributed by atoms with van der Waals surface area (Å²) in [4.78, 5) is 0. The van der Waals surface area contributed by atoms with E-state index < -0.39 is 0 Å². The molecule has 0 heterocycles. The zero-order valence-corrected chi connectivity index (χ0v) is 12.4. The first-order valence-corrected chi connectivity index (χ1v) is 6.49. The van der Waals surface area contributed by atoms with E-state index in [0.717, 1.165) is 22.6 Å². The summed E-state index contributed by atoms with van der Waals surface area (Å²) in [5.41, 5.74) is 0. The van der Waals surface area contributed by atoms with E-state index in [4.69, 9.17) is 14.2 Å². The highest BCUT2D eigenvalue weighted by Crippen LogP contribution is 2.38. The fourth-order valence-electron chi connectivity index (χ4n) is 1.50. The van der Waals surface area contributed by atoms with Gasteiger partial charge in [0.1, 0.15) is 17.2 Å². The van der Waals surface area contributed by atoms with Gasteiger partial charge in [-0.2, -0.15) is 0 Å². The zero-order valence-electron chi connectivity index (χ0n) is 11.4. The van der Waals surface area contributed by atoms with Gasteiger partial charge in [0, 0.05) is 12.1 Å². The van der Waals surface area contributed by atoms with E-state index in [-0.39, 0.29) is 5.16 Å². The van der Waals surface area contributed by atoms with E-state index in [1.54, 1.807) is 21.3 Å². The van der Waals surface area contributed by atoms with Gasteiger partial charge in [-0.3, -0.25) is 0 Å². The number of hydrogen-bond donors (Lipinski definition) is 0. The molecule has 0 bridgehead atoms. The molecule has 0 N–H and O–H groups in total. The lowest BCUT2D eigenvalue weighted by Crippen LogP contribution is -2.15. The highest BCUT2D eigenvalue weighted by molar-refractivity contribution is 7.49. The second kappa shape index (κ2) is 5.59. The maximum atomic E-state index is 5.42. The molecule has 0 aliphatic carbocycles. The van der Waals surface area contributed by atoms with Crippen molar-refractivity contribution in [1.29, 1.82) is 0 Å². The van der Waals surface area contributed by atoms with Crippen LogP contribution in [0.3, 0.4) is 0 Å². The lowest BCUT2D eigenvalue weighted by molar-refractivity contribution is 0.380. The van der Waals surface area contributed by atoms with E-state index in [1.165, 1.54) is 0 Å². The molecule has 1 aromatic carbocycles.